The van der Waals surface area contributed by atoms with Crippen molar-refractivity contribution in [2.24, 2.45) is 0 Å². The average Bonchev–Trinajstić information content (AvgIpc) is 3.24. The number of hydroxylamine groups is 1. The van der Waals surface area contributed by atoms with E-state index in [0.29, 0.717) is 16.9 Å². The molecule has 1 heterocycles. The number of rotatable bonds is 5. The van der Waals surface area contributed by atoms with Crippen molar-refractivity contribution in [1.82, 2.24) is 20.8 Å². The second-order valence-corrected chi connectivity index (χ2v) is 6.22. The number of nitrogens with one attached hydrogen (secondary N) is 3. The van der Waals surface area contributed by atoms with Crippen LogP contribution in [0.2, 0.25) is 0 Å². The first-order valence-electron chi connectivity index (χ1n) is 8.75. The molecule has 0 spiro atoms. The molecule has 0 saturated carbocycles. The van der Waals surface area contributed by atoms with E-state index in [9.17, 15) is 9.59 Å². The molecule has 8 nitrogen and oxygen atoms in total. The number of hydrogen-bond acceptors (Lipinski definition) is 5. The number of anilines is 1. The van der Waals surface area contributed by atoms with Gasteiger partial charge in [0.1, 0.15) is 6.04 Å². The smallest absolute Gasteiger partial charge is 0.266 e. The molecule has 0 aliphatic carbocycles. The number of nitrogen functional groups attached to an aromatic ring is 1. The minimum Gasteiger partial charge on any atom is -0.399 e. The van der Waals surface area contributed by atoms with E-state index < -0.39 is 17.9 Å². The van der Waals surface area contributed by atoms with Gasteiger partial charge in [0, 0.05) is 35.0 Å². The van der Waals surface area contributed by atoms with Crippen molar-refractivity contribution in [2.45, 2.75) is 12.5 Å². The summed E-state index contributed by atoms with van der Waals surface area (Å²) in [5.74, 6) is 4.83. The van der Waals surface area contributed by atoms with Crippen molar-refractivity contribution in [3.63, 3.8) is 0 Å². The van der Waals surface area contributed by atoms with Crippen LogP contribution in [0, 0.1) is 11.8 Å². The predicted octanol–water partition coefficient (Wildman–Crippen LogP) is 1.24. The van der Waals surface area contributed by atoms with Gasteiger partial charge in [-0.15, -0.1) is 0 Å². The number of amides is 2. The van der Waals surface area contributed by atoms with E-state index in [1.54, 1.807) is 48.1 Å². The fourth-order valence-corrected chi connectivity index (χ4v) is 2.61. The number of aromatic amines is 1. The van der Waals surface area contributed by atoms with Crippen LogP contribution < -0.4 is 16.5 Å². The Kier molecular flexibility index (Phi) is 6.25. The van der Waals surface area contributed by atoms with Gasteiger partial charge in [-0.3, -0.25) is 14.8 Å². The Balaban J connectivity index is 1.68. The topological polar surface area (TPSA) is 133 Å². The van der Waals surface area contributed by atoms with Gasteiger partial charge in [-0.25, -0.2) is 10.5 Å². The third kappa shape index (κ3) is 5.45. The van der Waals surface area contributed by atoms with Crippen LogP contribution in [0.5, 0.6) is 0 Å². The lowest BCUT2D eigenvalue weighted by atomic mass is 10.1. The molecule has 6 N–H and O–H groups in total. The van der Waals surface area contributed by atoms with Gasteiger partial charge >= 0.3 is 0 Å². The monoisotopic (exact) mass is 389 g/mol. The molecule has 0 aliphatic heterocycles. The summed E-state index contributed by atoms with van der Waals surface area (Å²) in [6.07, 6.45) is 3.21. The summed E-state index contributed by atoms with van der Waals surface area (Å²) < 4.78 is 0. The highest BCUT2D eigenvalue weighted by molar-refractivity contribution is 5.97. The first-order chi connectivity index (χ1) is 14.0. The summed E-state index contributed by atoms with van der Waals surface area (Å²) in [6, 6.07) is 12.9. The van der Waals surface area contributed by atoms with E-state index in [-0.39, 0.29) is 6.42 Å². The summed E-state index contributed by atoms with van der Waals surface area (Å²) in [5, 5.41) is 11.5. The number of nitrogens with zero attached hydrogens (tertiary/aromatic N) is 1. The molecule has 0 unspecified atom stereocenters. The highest BCUT2D eigenvalue weighted by atomic mass is 16.5. The Morgan fingerprint density at radius 3 is 2.55 bits per heavy atom. The Morgan fingerprint density at radius 2 is 1.90 bits per heavy atom. The molecule has 8 heteroatoms. The van der Waals surface area contributed by atoms with Gasteiger partial charge in [-0.2, -0.15) is 0 Å². The molecule has 1 atom stereocenters. The van der Waals surface area contributed by atoms with Crippen molar-refractivity contribution in [3.8, 4) is 11.8 Å². The van der Waals surface area contributed by atoms with Crippen LogP contribution in [0.1, 0.15) is 27.2 Å². The highest BCUT2D eigenvalue weighted by Crippen LogP contribution is 2.08. The molecule has 29 heavy (non-hydrogen) atoms. The summed E-state index contributed by atoms with van der Waals surface area (Å²) in [6.45, 7) is 0. The summed E-state index contributed by atoms with van der Waals surface area (Å²) in [5.41, 5.74) is 10.4. The van der Waals surface area contributed by atoms with Crippen LogP contribution in [0.4, 0.5) is 5.69 Å². The Morgan fingerprint density at radius 1 is 1.14 bits per heavy atom. The van der Waals surface area contributed by atoms with Crippen molar-refractivity contribution in [2.75, 3.05) is 5.73 Å². The van der Waals surface area contributed by atoms with E-state index >= 15 is 0 Å². The quantitative estimate of drug-likeness (QED) is 0.194. The number of aromatic nitrogens is 2. The second kappa shape index (κ2) is 9.21. The molecular formula is C21H19N5O3. The van der Waals surface area contributed by atoms with Crippen LogP contribution in [-0.4, -0.2) is 33.0 Å². The van der Waals surface area contributed by atoms with Crippen molar-refractivity contribution in [3.05, 3.63) is 83.4 Å². The lowest BCUT2D eigenvalue weighted by molar-refractivity contribution is -0.131. The summed E-state index contributed by atoms with van der Waals surface area (Å²) in [4.78, 5) is 31.1. The lowest BCUT2D eigenvalue weighted by Gasteiger charge is -2.15. The van der Waals surface area contributed by atoms with E-state index in [0.717, 1.165) is 11.1 Å². The number of carbonyl (C=O) groups excluding carboxylic acids is 2. The fourth-order valence-electron chi connectivity index (χ4n) is 2.61. The largest absolute Gasteiger partial charge is 0.399 e. The molecule has 2 aromatic carbocycles. The Bertz CT molecular complexity index is 1050. The maximum atomic E-state index is 12.5. The van der Waals surface area contributed by atoms with Crippen LogP contribution in [-0.2, 0) is 11.2 Å². The zero-order valence-electron chi connectivity index (χ0n) is 15.3. The maximum Gasteiger partial charge on any atom is 0.266 e. The molecule has 0 fully saturated rings. The first kappa shape index (κ1) is 19.7. The number of carbonyl (C=O) groups is 2. The molecule has 0 aliphatic rings. The van der Waals surface area contributed by atoms with Crippen molar-refractivity contribution < 1.29 is 14.8 Å². The normalized spacial score (nSPS) is 11.1. The number of benzene rings is 2. The number of nitrogens with two attached hydrogens (primary N) is 1. The standard InChI is InChI=1S/C21H19N5O3/c22-17-3-1-2-15(10-17)5-4-14-6-8-16(9-7-14)20(27)25-19(21(28)26-29)11-18-12-23-13-24-18/h1-3,6-10,12-13,19,29H,11,22H2,(H,23,24)(H,25,27)(H,26,28)/t19-/m0/s1. The number of hydrogen-bond donors (Lipinski definition) is 5. The number of imidazole rings is 1. The van der Waals surface area contributed by atoms with Crippen molar-refractivity contribution >= 4 is 17.5 Å². The van der Waals surface area contributed by atoms with Gasteiger partial charge in [0.2, 0.25) is 0 Å². The number of H-pyrrole nitrogens is 1. The Labute approximate surface area is 167 Å². The highest BCUT2D eigenvalue weighted by Gasteiger charge is 2.22. The molecule has 0 saturated heterocycles. The molecule has 1 aromatic heterocycles. The lowest BCUT2D eigenvalue weighted by Crippen LogP contribution is -2.47. The minimum absolute atomic E-state index is 0.130. The van der Waals surface area contributed by atoms with Gasteiger partial charge in [-0.05, 0) is 42.5 Å². The molecule has 2 amide bonds. The van der Waals surface area contributed by atoms with Gasteiger partial charge in [-0.1, -0.05) is 17.9 Å². The maximum absolute atomic E-state index is 12.5. The summed E-state index contributed by atoms with van der Waals surface area (Å²) in [7, 11) is 0. The predicted molar refractivity (Wildman–Crippen MR) is 107 cm³/mol. The minimum atomic E-state index is -0.973. The molecule has 0 radical (unpaired) electrons. The van der Waals surface area contributed by atoms with E-state index in [4.69, 9.17) is 10.9 Å². The Hall–Kier alpha value is -4.09. The molecule has 3 aromatic rings. The zero-order chi connectivity index (χ0) is 20.6. The third-order valence-corrected chi connectivity index (χ3v) is 4.09. The second-order valence-electron chi connectivity index (χ2n) is 6.22. The molecular weight excluding hydrogens is 370 g/mol. The van der Waals surface area contributed by atoms with Gasteiger partial charge < -0.3 is 16.0 Å². The molecule has 146 valence electrons. The van der Waals surface area contributed by atoms with Gasteiger partial charge in [0.05, 0.1) is 12.0 Å². The fraction of sp³-hybridized carbons (Fsp3) is 0.0952. The molecule has 3 rings (SSSR count). The van der Waals surface area contributed by atoms with E-state index in [2.05, 4.69) is 27.1 Å². The van der Waals surface area contributed by atoms with Crippen LogP contribution >= 0.6 is 0 Å². The third-order valence-electron chi connectivity index (χ3n) is 4.09. The molecule has 0 bridgehead atoms. The van der Waals surface area contributed by atoms with Crippen molar-refractivity contribution in [1.29, 1.82) is 0 Å². The van der Waals surface area contributed by atoms with Gasteiger partial charge in [0.15, 0.2) is 0 Å². The average molecular weight is 389 g/mol. The van der Waals surface area contributed by atoms with E-state index in [1.807, 2.05) is 12.1 Å². The SMILES string of the molecule is Nc1cccc(C#Cc2ccc(C(=O)N[C@@H](Cc3c[nH]cn3)C(=O)NO)cc2)c1. The first-order valence-corrected chi connectivity index (χ1v) is 8.75. The van der Waals surface area contributed by atoms with E-state index in [1.165, 1.54) is 6.33 Å². The van der Waals surface area contributed by atoms with Crippen LogP contribution in [0.3, 0.4) is 0 Å². The summed E-state index contributed by atoms with van der Waals surface area (Å²) >= 11 is 0. The van der Waals surface area contributed by atoms with Gasteiger partial charge in [0.25, 0.3) is 11.8 Å². The van der Waals surface area contributed by atoms with Crippen LogP contribution in [0.15, 0.2) is 61.1 Å². The zero-order valence-corrected chi connectivity index (χ0v) is 15.3. The van der Waals surface area contributed by atoms with Crippen LogP contribution in [0.25, 0.3) is 0 Å².